The summed E-state index contributed by atoms with van der Waals surface area (Å²) < 4.78 is 14.9. The first-order valence-corrected chi connectivity index (χ1v) is 6.37. The molecule has 1 saturated heterocycles. The van der Waals surface area contributed by atoms with Gasteiger partial charge < -0.3 is 14.0 Å². The SMILES string of the molecule is COCCc1noc(CN2CCCC2C(=O)OC)n1. The summed E-state index contributed by atoms with van der Waals surface area (Å²) in [6, 6.07) is -0.195. The van der Waals surface area contributed by atoms with E-state index < -0.39 is 0 Å². The highest BCUT2D eigenvalue weighted by molar-refractivity contribution is 5.75. The van der Waals surface area contributed by atoms with Gasteiger partial charge in [-0.2, -0.15) is 4.98 Å². The van der Waals surface area contributed by atoms with Crippen LogP contribution in [0.2, 0.25) is 0 Å². The van der Waals surface area contributed by atoms with Crippen molar-refractivity contribution in [2.75, 3.05) is 27.4 Å². The normalized spacial score (nSPS) is 19.8. The molecule has 1 atom stereocenters. The van der Waals surface area contributed by atoms with Crippen LogP contribution in [0.1, 0.15) is 24.6 Å². The Bertz CT molecular complexity index is 421. The number of esters is 1. The quantitative estimate of drug-likeness (QED) is 0.691. The van der Waals surface area contributed by atoms with Crippen molar-refractivity contribution < 1.29 is 18.8 Å². The fourth-order valence-electron chi connectivity index (χ4n) is 2.24. The van der Waals surface area contributed by atoms with E-state index in [-0.39, 0.29) is 12.0 Å². The van der Waals surface area contributed by atoms with Crippen molar-refractivity contribution in [1.29, 1.82) is 0 Å². The number of methoxy groups -OCH3 is 2. The molecule has 7 nitrogen and oxygen atoms in total. The van der Waals surface area contributed by atoms with Crippen LogP contribution in [0.4, 0.5) is 0 Å². The average molecular weight is 269 g/mol. The molecule has 0 amide bonds. The third-order valence-corrected chi connectivity index (χ3v) is 3.22. The Morgan fingerprint density at radius 3 is 3.11 bits per heavy atom. The summed E-state index contributed by atoms with van der Waals surface area (Å²) in [7, 11) is 3.04. The van der Waals surface area contributed by atoms with Gasteiger partial charge in [0.15, 0.2) is 5.82 Å². The Labute approximate surface area is 111 Å². The molecule has 0 saturated carbocycles. The molecule has 0 radical (unpaired) electrons. The molecule has 2 rings (SSSR count). The minimum Gasteiger partial charge on any atom is -0.468 e. The molecule has 0 bridgehead atoms. The predicted molar refractivity (Wildman–Crippen MR) is 65.3 cm³/mol. The van der Waals surface area contributed by atoms with Crippen molar-refractivity contribution in [2.24, 2.45) is 0 Å². The zero-order valence-corrected chi connectivity index (χ0v) is 11.3. The second-order valence-electron chi connectivity index (χ2n) is 4.50. The third kappa shape index (κ3) is 3.51. The number of likely N-dealkylation sites (tertiary alicyclic amines) is 1. The lowest BCUT2D eigenvalue weighted by Gasteiger charge is -2.19. The molecule has 1 aliphatic rings. The molecule has 1 aromatic rings. The lowest BCUT2D eigenvalue weighted by Crippen LogP contribution is -2.36. The van der Waals surface area contributed by atoms with Gasteiger partial charge in [0.25, 0.3) is 0 Å². The van der Waals surface area contributed by atoms with E-state index in [2.05, 4.69) is 10.1 Å². The van der Waals surface area contributed by atoms with Crippen LogP contribution in [-0.4, -0.2) is 54.4 Å². The second-order valence-corrected chi connectivity index (χ2v) is 4.50. The number of carbonyl (C=O) groups excluding carboxylic acids is 1. The summed E-state index contributed by atoms with van der Waals surface area (Å²) >= 11 is 0. The van der Waals surface area contributed by atoms with E-state index in [0.29, 0.717) is 31.3 Å². The molecule has 2 heterocycles. The first-order valence-electron chi connectivity index (χ1n) is 6.37. The lowest BCUT2D eigenvalue weighted by molar-refractivity contribution is -0.146. The topological polar surface area (TPSA) is 77.7 Å². The third-order valence-electron chi connectivity index (χ3n) is 3.22. The van der Waals surface area contributed by atoms with Crippen LogP contribution in [0, 0.1) is 0 Å². The van der Waals surface area contributed by atoms with Crippen molar-refractivity contribution in [3.63, 3.8) is 0 Å². The van der Waals surface area contributed by atoms with Gasteiger partial charge in [-0.1, -0.05) is 5.16 Å². The van der Waals surface area contributed by atoms with Crippen LogP contribution < -0.4 is 0 Å². The first-order chi connectivity index (χ1) is 9.24. The number of hydrogen-bond donors (Lipinski definition) is 0. The molecular formula is C12H19N3O4. The summed E-state index contributed by atoms with van der Waals surface area (Å²) in [5, 5.41) is 3.88. The highest BCUT2D eigenvalue weighted by Gasteiger charge is 2.32. The van der Waals surface area contributed by atoms with Gasteiger partial charge in [-0.25, -0.2) is 0 Å². The van der Waals surface area contributed by atoms with Crippen LogP contribution in [0.15, 0.2) is 4.52 Å². The number of hydrogen-bond acceptors (Lipinski definition) is 7. The van der Waals surface area contributed by atoms with Gasteiger partial charge in [0, 0.05) is 13.5 Å². The average Bonchev–Trinajstić information content (AvgIpc) is 3.05. The summed E-state index contributed by atoms with van der Waals surface area (Å²) in [5.41, 5.74) is 0. The number of aromatic nitrogens is 2. The van der Waals surface area contributed by atoms with Crippen LogP contribution >= 0.6 is 0 Å². The van der Waals surface area contributed by atoms with Gasteiger partial charge in [-0.15, -0.1) is 0 Å². The Morgan fingerprint density at radius 2 is 2.37 bits per heavy atom. The highest BCUT2D eigenvalue weighted by Crippen LogP contribution is 2.20. The molecule has 106 valence electrons. The van der Waals surface area contributed by atoms with Crippen LogP contribution in [0.5, 0.6) is 0 Å². The standard InChI is InChI=1S/C12H19N3O4/c1-17-7-5-10-13-11(19-14-10)8-15-6-3-4-9(15)12(16)18-2/h9H,3-8H2,1-2H3. The minimum absolute atomic E-state index is 0.195. The number of rotatable bonds is 6. The fraction of sp³-hybridized carbons (Fsp3) is 0.750. The largest absolute Gasteiger partial charge is 0.468 e. The molecule has 0 spiro atoms. The van der Waals surface area contributed by atoms with Crippen molar-refractivity contribution >= 4 is 5.97 Å². The van der Waals surface area contributed by atoms with Gasteiger partial charge in [0.2, 0.25) is 5.89 Å². The molecule has 1 aliphatic heterocycles. The molecular weight excluding hydrogens is 250 g/mol. The number of carbonyl (C=O) groups is 1. The monoisotopic (exact) mass is 269 g/mol. The molecule has 0 aliphatic carbocycles. The Morgan fingerprint density at radius 1 is 1.53 bits per heavy atom. The van der Waals surface area contributed by atoms with E-state index >= 15 is 0 Å². The van der Waals surface area contributed by atoms with Gasteiger partial charge >= 0.3 is 5.97 Å². The fourth-order valence-corrected chi connectivity index (χ4v) is 2.24. The molecule has 19 heavy (non-hydrogen) atoms. The summed E-state index contributed by atoms with van der Waals surface area (Å²) in [6.45, 7) is 1.89. The molecule has 0 N–H and O–H groups in total. The van der Waals surface area contributed by atoms with E-state index in [1.165, 1.54) is 7.11 Å². The Kier molecular flexibility index (Phi) is 4.86. The van der Waals surface area contributed by atoms with Crippen LogP contribution in [0.25, 0.3) is 0 Å². The van der Waals surface area contributed by atoms with Gasteiger partial charge in [0.1, 0.15) is 6.04 Å². The summed E-state index contributed by atoms with van der Waals surface area (Å²) in [4.78, 5) is 17.9. The van der Waals surface area contributed by atoms with Crippen LogP contribution in [-0.2, 0) is 27.2 Å². The molecule has 1 fully saturated rings. The van der Waals surface area contributed by atoms with Gasteiger partial charge in [-0.05, 0) is 19.4 Å². The van der Waals surface area contributed by atoms with E-state index in [9.17, 15) is 4.79 Å². The summed E-state index contributed by atoms with van der Waals surface area (Å²) in [5.74, 6) is 0.962. The predicted octanol–water partition coefficient (Wildman–Crippen LogP) is 0.396. The smallest absolute Gasteiger partial charge is 0.323 e. The maximum Gasteiger partial charge on any atom is 0.323 e. The molecule has 1 aromatic heterocycles. The lowest BCUT2D eigenvalue weighted by atomic mass is 10.2. The number of nitrogens with zero attached hydrogens (tertiary/aromatic N) is 3. The highest BCUT2D eigenvalue weighted by atomic mass is 16.5. The van der Waals surface area contributed by atoms with Gasteiger partial charge in [-0.3, -0.25) is 9.69 Å². The second kappa shape index (κ2) is 6.63. The first kappa shape index (κ1) is 14.0. The Hall–Kier alpha value is -1.47. The minimum atomic E-state index is -0.198. The summed E-state index contributed by atoms with van der Waals surface area (Å²) in [6.07, 6.45) is 2.42. The molecule has 0 aromatic carbocycles. The van der Waals surface area contributed by atoms with E-state index in [4.69, 9.17) is 14.0 Å². The van der Waals surface area contributed by atoms with Gasteiger partial charge in [0.05, 0.1) is 20.3 Å². The zero-order valence-electron chi connectivity index (χ0n) is 11.3. The van der Waals surface area contributed by atoms with Crippen molar-refractivity contribution in [3.8, 4) is 0 Å². The van der Waals surface area contributed by atoms with E-state index in [0.717, 1.165) is 19.4 Å². The van der Waals surface area contributed by atoms with Crippen LogP contribution in [0.3, 0.4) is 0 Å². The van der Waals surface area contributed by atoms with Crippen molar-refractivity contribution in [3.05, 3.63) is 11.7 Å². The maximum absolute atomic E-state index is 11.6. The zero-order chi connectivity index (χ0) is 13.7. The maximum atomic E-state index is 11.6. The van der Waals surface area contributed by atoms with Crippen molar-refractivity contribution in [1.82, 2.24) is 15.0 Å². The van der Waals surface area contributed by atoms with E-state index in [1.54, 1.807) is 7.11 Å². The van der Waals surface area contributed by atoms with E-state index in [1.807, 2.05) is 4.90 Å². The van der Waals surface area contributed by atoms with Crippen molar-refractivity contribution in [2.45, 2.75) is 31.8 Å². The molecule has 7 heteroatoms. The Balaban J connectivity index is 1.92. The molecule has 1 unspecified atom stereocenters. The number of ether oxygens (including phenoxy) is 2.